The number of hydrogen-bond donors (Lipinski definition) is 2. The lowest BCUT2D eigenvalue weighted by Gasteiger charge is -2.53. The van der Waals surface area contributed by atoms with Gasteiger partial charge in [0.25, 0.3) is 0 Å². The van der Waals surface area contributed by atoms with Crippen LogP contribution in [0.1, 0.15) is 171 Å². The fourth-order valence-electron chi connectivity index (χ4n) is 32.0. The summed E-state index contributed by atoms with van der Waals surface area (Å²) >= 11 is 32.2. The second kappa shape index (κ2) is 26.5. The van der Waals surface area contributed by atoms with Gasteiger partial charge in [0.2, 0.25) is 11.8 Å². The maximum atomic E-state index is 14.8. The van der Waals surface area contributed by atoms with Crippen LogP contribution >= 0.6 is 188 Å². The van der Waals surface area contributed by atoms with Crippen LogP contribution in [0.2, 0.25) is 0 Å². The molecule has 0 unspecified atom stereocenters. The molecule has 2 N–H and O–H groups in total. The summed E-state index contributed by atoms with van der Waals surface area (Å²) in [6, 6.07) is 18.4. The van der Waals surface area contributed by atoms with E-state index < -0.39 is 11.0 Å². The van der Waals surface area contributed by atoms with Crippen molar-refractivity contribution in [2.75, 3.05) is 62.7 Å². The van der Waals surface area contributed by atoms with Gasteiger partial charge in [-0.2, -0.15) is 5.10 Å². The zero-order chi connectivity index (χ0) is 90.1. The number of carbonyl (C=O) groups is 2. The van der Waals surface area contributed by atoms with Gasteiger partial charge >= 0.3 is 0 Å². The molecular formula is C117H76N4O2S16. The number of rotatable bonds is 38. The molecule has 139 heavy (non-hydrogen) atoms. The second-order valence-corrected chi connectivity index (χ2v) is 61.2. The molecule has 0 atom stereocenters. The number of benzene rings is 20. The molecule has 9 aliphatic rings. The Hall–Kier alpha value is -6.65. The van der Waals surface area contributed by atoms with Crippen molar-refractivity contribution >= 4 is 514 Å². The van der Waals surface area contributed by atoms with E-state index in [0.29, 0.717) is 12.8 Å². The van der Waals surface area contributed by atoms with E-state index in [0.717, 1.165) is 65.5 Å². The third-order valence-corrected chi connectivity index (χ3v) is 59.2. The number of unbranched alkanes of at least 4 members (excludes halogenated alkanes) is 10. The molecule has 4 aliphatic carbocycles. The predicted molar refractivity (Wildman–Crippen MR) is 643 cm³/mol. The van der Waals surface area contributed by atoms with E-state index in [1.165, 1.54) is 259 Å². The van der Waals surface area contributed by atoms with Crippen molar-refractivity contribution in [3.63, 3.8) is 0 Å². The summed E-state index contributed by atoms with van der Waals surface area (Å²) in [6.45, 7) is 9.23. The van der Waals surface area contributed by atoms with Gasteiger partial charge in [0, 0.05) is 35.3 Å². The molecule has 0 bridgehead atoms. The van der Waals surface area contributed by atoms with Crippen molar-refractivity contribution in [2.45, 2.75) is 154 Å². The first-order chi connectivity index (χ1) is 68.7. The summed E-state index contributed by atoms with van der Waals surface area (Å²) in [5.41, 5.74) is 9.14. The van der Waals surface area contributed by atoms with Crippen molar-refractivity contribution in [1.82, 2.24) is 0 Å². The molecule has 672 valence electrons. The second-order valence-electron chi connectivity index (χ2n) is 41.7. The predicted octanol–water partition coefficient (Wildman–Crippen LogP) is 40.0. The SMILES string of the molecule is CCCCCSC1=C(SCCCCC)SC(=C2SC(SC)=C(SCCCCC(=O)Nc3ccc(C4=NN(c5ccc(NC(=O)CCCCSC6=C(SC)SC(=C7SC(SCCCCC)=C(SCCCCC)S7)S6)cc5)C56c7c8c9c%10c%11c%12c(c%13c%14c5c5c7c7c%15c8c8c9c9c%11c%11c%16c%12c%12c%13c%13c%14c%14c5c5c7c7c%15c%15c8c8c9c%11c9c%11c%16c%12c%12c%13c%13c%14c5c5c7c7c%15c8c9c8c%11c%12c%13c5c78)C4%106)cc3)S2)S1. The average molecular weight is 2080 g/mol. The summed E-state index contributed by atoms with van der Waals surface area (Å²) in [5.74, 6) is 6.90. The van der Waals surface area contributed by atoms with Crippen molar-refractivity contribution < 1.29 is 9.59 Å². The van der Waals surface area contributed by atoms with Crippen LogP contribution in [0, 0.1) is 0 Å². The monoisotopic (exact) mass is 2080 g/mol. The zero-order valence-corrected chi connectivity index (χ0v) is 89.4. The third kappa shape index (κ3) is 8.18. The highest BCUT2D eigenvalue weighted by Crippen LogP contribution is 2.87. The molecule has 22 heteroatoms. The molecule has 0 radical (unpaired) electrons. The minimum Gasteiger partial charge on any atom is -0.326 e. The molecule has 5 aliphatic heterocycles. The fourth-order valence-corrected chi connectivity index (χ4v) is 55.5. The Bertz CT molecular complexity index is 10200. The molecule has 2 amide bonds. The Morgan fingerprint density at radius 3 is 0.712 bits per heavy atom. The number of amides is 2. The molecule has 0 saturated carbocycles. The van der Waals surface area contributed by atoms with Gasteiger partial charge in [0.05, 0.1) is 62.2 Å². The van der Waals surface area contributed by atoms with Crippen LogP contribution in [0.3, 0.4) is 0 Å². The summed E-state index contributed by atoms with van der Waals surface area (Å²) in [5, 5.41) is 101. The normalized spacial score (nSPS) is 19.7. The van der Waals surface area contributed by atoms with Gasteiger partial charge in [-0.05, 0) is 442 Å². The number of thioether (sulfide) groups is 16. The molecule has 0 saturated heterocycles. The first kappa shape index (κ1) is 79.6. The van der Waals surface area contributed by atoms with Gasteiger partial charge in [-0.3, -0.25) is 9.59 Å². The Kier molecular flexibility index (Phi) is 15.2. The van der Waals surface area contributed by atoms with Crippen molar-refractivity contribution in [3.8, 4) is 0 Å². The molecule has 30 aromatic rings. The lowest BCUT2D eigenvalue weighted by molar-refractivity contribution is -0.117. The molecule has 0 aromatic heterocycles. The molecule has 0 fully saturated rings. The van der Waals surface area contributed by atoms with Crippen molar-refractivity contribution in [2.24, 2.45) is 5.10 Å². The number of anilines is 3. The van der Waals surface area contributed by atoms with Crippen LogP contribution in [0.4, 0.5) is 17.1 Å². The summed E-state index contributed by atoms with van der Waals surface area (Å²) in [7, 11) is 0. The van der Waals surface area contributed by atoms with Crippen LogP contribution in [0.15, 0.2) is 104 Å². The van der Waals surface area contributed by atoms with E-state index in [4.69, 9.17) is 5.10 Å². The topological polar surface area (TPSA) is 73.8 Å². The van der Waals surface area contributed by atoms with Gasteiger partial charge in [0.1, 0.15) is 11.0 Å². The van der Waals surface area contributed by atoms with Crippen LogP contribution in [0.25, 0.3) is 291 Å². The molecule has 39 rings (SSSR count). The van der Waals surface area contributed by atoms with Gasteiger partial charge in [-0.1, -0.05) is 185 Å². The first-order valence-corrected chi connectivity index (χ1v) is 65.3. The number of nitrogens with zero attached hydrogens (tertiary/aromatic N) is 2. The van der Waals surface area contributed by atoms with Gasteiger partial charge < -0.3 is 10.6 Å². The van der Waals surface area contributed by atoms with E-state index in [-0.39, 0.29) is 11.8 Å². The van der Waals surface area contributed by atoms with Gasteiger partial charge in [-0.15, -0.1) is 94.1 Å². The minimum absolute atomic E-state index is 0.0670. The minimum atomic E-state index is -0.929. The number of hydrogen-bond acceptors (Lipinski definition) is 20. The zero-order valence-electron chi connectivity index (χ0n) is 76.3. The molecule has 30 aromatic carbocycles. The molecular weight excluding hydrogens is 2010 g/mol. The van der Waals surface area contributed by atoms with E-state index in [1.54, 1.807) is 205 Å². The molecule has 2 spiro atoms. The van der Waals surface area contributed by atoms with Crippen LogP contribution in [-0.2, 0) is 20.5 Å². The lowest BCUT2D eigenvalue weighted by Crippen LogP contribution is -2.59. The van der Waals surface area contributed by atoms with Crippen LogP contribution in [0.5, 0.6) is 0 Å². The summed E-state index contributed by atoms with van der Waals surface area (Å²) < 4.78 is 17.6. The summed E-state index contributed by atoms with van der Waals surface area (Å²) in [6.07, 6.45) is 24.4. The lowest BCUT2D eigenvalue weighted by atomic mass is 9.50. The van der Waals surface area contributed by atoms with E-state index in [9.17, 15) is 9.59 Å². The highest BCUT2D eigenvalue weighted by molar-refractivity contribution is 8.46. The van der Waals surface area contributed by atoms with Crippen LogP contribution < -0.4 is 15.6 Å². The van der Waals surface area contributed by atoms with E-state index in [1.807, 2.05) is 141 Å². The van der Waals surface area contributed by atoms with E-state index >= 15 is 0 Å². The highest BCUT2D eigenvalue weighted by Gasteiger charge is 2.77. The Morgan fingerprint density at radius 1 is 0.266 bits per heavy atom. The smallest absolute Gasteiger partial charge is 0.224 e. The quantitative estimate of drug-likeness (QED) is 0.0285. The molecule has 6 nitrogen and oxygen atoms in total. The highest BCUT2D eigenvalue weighted by atomic mass is 32.3. The largest absolute Gasteiger partial charge is 0.326 e. The Labute approximate surface area is 862 Å². The third-order valence-electron chi connectivity index (χ3n) is 35.8. The fraction of sp³-hybridized carbons (Fsp3) is 0.274. The number of nitrogens with one attached hydrogen (secondary N) is 2. The van der Waals surface area contributed by atoms with Gasteiger partial charge in [0.15, 0.2) is 0 Å². The first-order valence-electron chi connectivity index (χ1n) is 50.4. The van der Waals surface area contributed by atoms with Crippen LogP contribution in [-0.4, -0.2) is 64.6 Å². The number of carbonyl (C=O) groups excluding carboxylic acids is 2. The van der Waals surface area contributed by atoms with Crippen molar-refractivity contribution in [3.05, 3.63) is 127 Å². The maximum Gasteiger partial charge on any atom is 0.224 e. The standard InChI is InChI=1S/C117H76N4O2S16/c1-7-11-17-33-128-108-109(129-34-18-12-8-2)137-114(136-108)112-132-104(124-5)106(134-112)126-37-21-15-23-43(122)118-40-27-25-39(26-28-40)103-116-99-91-83-73-63-55-47-45-46-49-53-51(47)59-67-61(53)71-65-57(49)58-50(46)54-52-48(45)56(55)64-70-60(52)68-62(54)72-66(58)76-75(65)87-81(71)89-79(67)85(77(83)69(59)63)93(99)95(89)101-97(87)98-88(76)82(72)90-80(68)86-78(70)84(74(64)73)92(91)100(116)94(86)96(90)102(98)117(101,116)121(120-103)42-31-29-41(30-32-42)119-44(123)24-16-22-38-127-107-105(125-6)133-113(135-107)115-138-110(130-35-19-13-9-3)111(139-115)131-36-20-14-10-4/h25-32H,7-24,33-38H2,1-6H3,(H,118,122)(H,119,123). The maximum absolute atomic E-state index is 14.8. The summed E-state index contributed by atoms with van der Waals surface area (Å²) in [4.78, 5) is 29.5. The van der Waals surface area contributed by atoms with E-state index in [2.05, 4.69) is 151 Å². The average Bonchev–Trinajstić information content (AvgIpc) is 1.38. The molecule has 5 heterocycles. The Balaban J connectivity index is 0.477. The van der Waals surface area contributed by atoms with Crippen molar-refractivity contribution in [1.29, 1.82) is 0 Å². The number of hydrazone groups is 1. The van der Waals surface area contributed by atoms with Gasteiger partial charge in [-0.25, -0.2) is 5.01 Å². The Morgan fingerprint density at radius 2 is 0.475 bits per heavy atom.